The summed E-state index contributed by atoms with van der Waals surface area (Å²) >= 11 is 0. The van der Waals surface area contributed by atoms with E-state index in [0.29, 0.717) is 5.69 Å². The number of nitriles is 1. The van der Waals surface area contributed by atoms with Crippen molar-refractivity contribution >= 4 is 21.2 Å². The number of nitrogens with zero attached hydrogens (tertiary/aromatic N) is 3. The number of rotatable bonds is 3. The third-order valence-electron chi connectivity index (χ3n) is 5.39. The van der Waals surface area contributed by atoms with Crippen LogP contribution < -0.4 is 4.90 Å². The molecule has 0 saturated carbocycles. The van der Waals surface area contributed by atoms with Gasteiger partial charge in [0.15, 0.2) is 9.84 Å². The van der Waals surface area contributed by atoms with Crippen molar-refractivity contribution in [3.63, 3.8) is 0 Å². The second-order valence-corrected chi connectivity index (χ2v) is 9.89. The van der Waals surface area contributed by atoms with E-state index in [9.17, 15) is 13.7 Å². The first-order valence-corrected chi connectivity index (χ1v) is 11.6. The lowest BCUT2D eigenvalue weighted by molar-refractivity contribution is 0.601. The van der Waals surface area contributed by atoms with Gasteiger partial charge < -0.3 is 9.47 Å². The molecule has 0 amide bonds. The van der Waals surface area contributed by atoms with Gasteiger partial charge in [0.25, 0.3) is 0 Å². The van der Waals surface area contributed by atoms with Crippen LogP contribution in [0, 0.1) is 18.3 Å². The molecule has 0 N–H and O–H groups in total. The Morgan fingerprint density at radius 2 is 1.83 bits per heavy atom. The molecule has 0 fully saturated rings. The van der Waals surface area contributed by atoms with E-state index in [0.717, 1.165) is 46.6 Å². The summed E-state index contributed by atoms with van der Waals surface area (Å²) in [7, 11) is -1.26. The fourth-order valence-electron chi connectivity index (χ4n) is 4.07. The van der Waals surface area contributed by atoms with E-state index in [-0.39, 0.29) is 5.75 Å². The van der Waals surface area contributed by atoms with Crippen LogP contribution in [-0.2, 0) is 29.1 Å². The van der Waals surface area contributed by atoms with Crippen LogP contribution >= 0.6 is 0 Å². The van der Waals surface area contributed by atoms with E-state index in [4.69, 9.17) is 0 Å². The van der Waals surface area contributed by atoms with Crippen molar-refractivity contribution in [1.82, 2.24) is 4.57 Å². The number of fused-ring (bicyclic) bond motifs is 3. The number of hydrogen-bond donors (Lipinski definition) is 0. The lowest BCUT2D eigenvalue weighted by Crippen LogP contribution is -2.19. The Morgan fingerprint density at radius 3 is 2.48 bits per heavy atom. The molecule has 0 spiro atoms. The highest BCUT2D eigenvalue weighted by Gasteiger charge is 2.25. The highest BCUT2D eigenvalue weighted by molar-refractivity contribution is 7.89. The molecule has 4 rings (SSSR count). The van der Waals surface area contributed by atoms with Crippen molar-refractivity contribution in [2.75, 3.05) is 17.7 Å². The number of hydrogen-bond acceptors (Lipinski definition) is 4. The number of sulfone groups is 1. The van der Waals surface area contributed by atoms with Crippen molar-refractivity contribution in [1.29, 1.82) is 5.26 Å². The summed E-state index contributed by atoms with van der Waals surface area (Å²) < 4.78 is 25.6. The molecule has 1 aliphatic heterocycles. The molecule has 6 heteroatoms. The second kappa shape index (κ2) is 7.09. The van der Waals surface area contributed by atoms with Crippen LogP contribution in [0.3, 0.4) is 0 Å². The van der Waals surface area contributed by atoms with Gasteiger partial charge in [-0.25, -0.2) is 8.42 Å². The molecule has 1 aromatic heterocycles. The summed E-state index contributed by atoms with van der Waals surface area (Å²) in [6.07, 6.45) is 3.97. The SMILES string of the molecule is Cc1ccc(N2CCc3c(cn(C)c3C#N)-c3cc(CS(C)(=O)=O)ccc32)cc1. The van der Waals surface area contributed by atoms with Crippen molar-refractivity contribution in [3.8, 4) is 17.2 Å². The van der Waals surface area contributed by atoms with Crippen molar-refractivity contribution in [3.05, 3.63) is 71.0 Å². The minimum Gasteiger partial charge on any atom is -0.342 e. The molecule has 3 aromatic rings. The monoisotopic (exact) mass is 405 g/mol. The topological polar surface area (TPSA) is 66.1 Å². The highest BCUT2D eigenvalue weighted by atomic mass is 32.2. The van der Waals surface area contributed by atoms with E-state index < -0.39 is 9.84 Å². The van der Waals surface area contributed by atoms with Gasteiger partial charge in [-0.05, 0) is 48.7 Å². The first-order chi connectivity index (χ1) is 13.8. The zero-order valence-electron chi connectivity index (χ0n) is 16.8. The zero-order chi connectivity index (χ0) is 20.8. The molecule has 5 nitrogen and oxygen atoms in total. The third-order valence-corrected chi connectivity index (χ3v) is 6.25. The number of aryl methyl sites for hydroxylation is 2. The summed E-state index contributed by atoms with van der Waals surface area (Å²) in [5.41, 5.74) is 7.71. The van der Waals surface area contributed by atoms with Gasteiger partial charge in [0.2, 0.25) is 0 Å². The smallest absolute Gasteiger partial charge is 0.151 e. The quantitative estimate of drug-likeness (QED) is 0.658. The molecule has 0 atom stereocenters. The Morgan fingerprint density at radius 1 is 1.10 bits per heavy atom. The zero-order valence-corrected chi connectivity index (χ0v) is 17.6. The van der Waals surface area contributed by atoms with Gasteiger partial charge in [0.05, 0.1) is 5.75 Å². The average molecular weight is 406 g/mol. The molecule has 29 heavy (non-hydrogen) atoms. The van der Waals surface area contributed by atoms with Crippen LogP contribution in [0.4, 0.5) is 11.4 Å². The minimum absolute atomic E-state index is 0.00190. The summed E-state index contributed by atoms with van der Waals surface area (Å²) in [6.45, 7) is 2.81. The Labute approximate surface area is 171 Å². The van der Waals surface area contributed by atoms with E-state index in [1.807, 2.05) is 36.0 Å². The van der Waals surface area contributed by atoms with Crippen LogP contribution in [0.2, 0.25) is 0 Å². The van der Waals surface area contributed by atoms with Crippen LogP contribution in [0.25, 0.3) is 11.1 Å². The molecular formula is C23H23N3O2S. The number of benzene rings is 2. The van der Waals surface area contributed by atoms with Crippen LogP contribution in [-0.4, -0.2) is 25.8 Å². The maximum atomic E-state index is 11.8. The fourth-order valence-corrected chi connectivity index (χ4v) is 4.86. The summed E-state index contributed by atoms with van der Waals surface area (Å²) in [4.78, 5) is 2.25. The van der Waals surface area contributed by atoms with Crippen LogP contribution in [0.5, 0.6) is 0 Å². The van der Waals surface area contributed by atoms with Gasteiger partial charge in [0, 0.05) is 48.5 Å². The molecular weight excluding hydrogens is 382 g/mol. The van der Waals surface area contributed by atoms with Crippen LogP contribution in [0.1, 0.15) is 22.4 Å². The Balaban J connectivity index is 1.93. The lowest BCUT2D eigenvalue weighted by atomic mass is 9.99. The molecule has 0 bridgehead atoms. The second-order valence-electron chi connectivity index (χ2n) is 7.75. The average Bonchev–Trinajstić information content (AvgIpc) is 2.89. The van der Waals surface area contributed by atoms with Gasteiger partial charge in [-0.2, -0.15) is 5.26 Å². The Bertz CT molecular complexity index is 1230. The van der Waals surface area contributed by atoms with E-state index >= 15 is 0 Å². The Kier molecular flexibility index (Phi) is 4.71. The highest BCUT2D eigenvalue weighted by Crippen LogP contribution is 2.42. The molecule has 0 saturated heterocycles. The first-order valence-electron chi connectivity index (χ1n) is 9.50. The third kappa shape index (κ3) is 3.66. The normalized spacial score (nSPS) is 13.4. The van der Waals surface area contributed by atoms with Gasteiger partial charge in [-0.3, -0.25) is 0 Å². The molecule has 0 aliphatic carbocycles. The molecule has 0 radical (unpaired) electrons. The minimum atomic E-state index is -3.14. The maximum Gasteiger partial charge on any atom is 0.151 e. The molecule has 148 valence electrons. The maximum absolute atomic E-state index is 11.8. The van der Waals surface area contributed by atoms with E-state index in [1.54, 1.807) is 0 Å². The molecule has 2 heterocycles. The number of aromatic nitrogens is 1. The van der Waals surface area contributed by atoms with Gasteiger partial charge >= 0.3 is 0 Å². The standard InChI is InChI=1S/C23H23N3O2S/c1-16-4-7-18(8-5-16)26-11-10-19-21(14-25(2)23(19)13-24)20-12-17(6-9-22(20)26)15-29(3,27)28/h4-9,12,14H,10-11,15H2,1-3H3. The van der Waals surface area contributed by atoms with Gasteiger partial charge in [-0.1, -0.05) is 23.8 Å². The molecule has 1 aliphatic rings. The fraction of sp³-hybridized carbons (Fsp3) is 0.261. The largest absolute Gasteiger partial charge is 0.342 e. The van der Waals surface area contributed by atoms with Crippen molar-refractivity contribution in [2.45, 2.75) is 19.1 Å². The predicted octanol–water partition coefficient (Wildman–Crippen LogP) is 4.11. The predicted molar refractivity (Wildman–Crippen MR) is 116 cm³/mol. The first kappa shape index (κ1) is 19.3. The molecule has 0 unspecified atom stereocenters. The lowest BCUT2D eigenvalue weighted by Gasteiger charge is -2.26. The number of anilines is 2. The van der Waals surface area contributed by atoms with Crippen molar-refractivity contribution < 1.29 is 8.42 Å². The van der Waals surface area contributed by atoms with Crippen LogP contribution in [0.15, 0.2) is 48.7 Å². The van der Waals surface area contributed by atoms with Gasteiger partial charge in [-0.15, -0.1) is 0 Å². The van der Waals surface area contributed by atoms with Gasteiger partial charge in [0.1, 0.15) is 11.8 Å². The summed E-state index contributed by atoms with van der Waals surface area (Å²) in [5, 5.41) is 9.66. The van der Waals surface area contributed by atoms with E-state index in [2.05, 4.69) is 42.2 Å². The summed E-state index contributed by atoms with van der Waals surface area (Å²) in [5.74, 6) is -0.00190. The molecule has 2 aromatic carbocycles. The summed E-state index contributed by atoms with van der Waals surface area (Å²) in [6, 6.07) is 16.6. The Hall–Kier alpha value is -3.04. The van der Waals surface area contributed by atoms with E-state index in [1.165, 1.54) is 11.8 Å². The van der Waals surface area contributed by atoms with Crippen molar-refractivity contribution in [2.24, 2.45) is 7.05 Å².